The van der Waals surface area contributed by atoms with Gasteiger partial charge in [-0.25, -0.2) is 15.0 Å². The van der Waals surface area contributed by atoms with Crippen LogP contribution in [0.2, 0.25) is 0 Å². The number of allylic oxidation sites excluding steroid dienone is 2. The lowest BCUT2D eigenvalue weighted by Gasteiger charge is -2.33. The maximum Gasteiger partial charge on any atom is 0.0932 e. The number of fused-ring (bicyclic) bond motifs is 8. The number of ether oxygens (including phenoxy) is 3. The maximum atomic E-state index is 6.39. The van der Waals surface area contributed by atoms with Crippen molar-refractivity contribution in [1.29, 1.82) is 0 Å². The second-order valence-corrected chi connectivity index (χ2v) is 22.8. The van der Waals surface area contributed by atoms with Crippen molar-refractivity contribution in [3.05, 3.63) is 133 Å². The third-order valence-corrected chi connectivity index (χ3v) is 14.2. The maximum absolute atomic E-state index is 6.39. The Morgan fingerprint density at radius 2 is 0.676 bits per heavy atom. The van der Waals surface area contributed by atoms with Crippen LogP contribution in [-0.4, -0.2) is 51.6 Å². The van der Waals surface area contributed by atoms with Crippen LogP contribution in [0.4, 0.5) is 0 Å². The number of pyridine rings is 3. The predicted molar refractivity (Wildman–Crippen MR) is 282 cm³/mol. The van der Waals surface area contributed by atoms with Crippen LogP contribution >= 0.6 is 0 Å². The number of hydrogen-bond donors (Lipinski definition) is 0. The Bertz CT molecular complexity index is 2500. The second kappa shape index (κ2) is 20.3. The molecule has 358 valence electrons. The summed E-state index contributed by atoms with van der Waals surface area (Å²) in [5, 5.41) is 0. The highest BCUT2D eigenvalue weighted by Crippen LogP contribution is 2.47. The first kappa shape index (κ1) is 48.3. The molecule has 4 aliphatic carbocycles. The van der Waals surface area contributed by atoms with E-state index in [4.69, 9.17) is 29.2 Å². The van der Waals surface area contributed by atoms with Crippen LogP contribution in [0.15, 0.2) is 60.7 Å². The molecule has 3 heterocycles. The highest BCUT2D eigenvalue weighted by atomic mass is 16.5. The van der Waals surface area contributed by atoms with E-state index in [0.717, 1.165) is 145 Å². The predicted octanol–water partition coefficient (Wildman–Crippen LogP) is 14.4. The Labute approximate surface area is 408 Å². The smallest absolute Gasteiger partial charge is 0.0932 e. The van der Waals surface area contributed by atoms with Crippen molar-refractivity contribution in [3.8, 4) is 22.8 Å². The van der Waals surface area contributed by atoms with Gasteiger partial charge in [0.2, 0.25) is 0 Å². The van der Waals surface area contributed by atoms with Crippen LogP contribution in [0.5, 0.6) is 0 Å². The highest BCUT2D eigenvalue weighted by molar-refractivity contribution is 5.87. The lowest BCUT2D eigenvalue weighted by Crippen LogP contribution is -2.24. The monoisotopic (exact) mass is 912 g/mol. The van der Waals surface area contributed by atoms with Gasteiger partial charge in [-0.1, -0.05) is 60.7 Å². The lowest BCUT2D eigenvalue weighted by atomic mass is 9.76. The van der Waals surface area contributed by atoms with Gasteiger partial charge in [-0.15, -0.1) is 0 Å². The molecular weight excluding hydrogens is 835 g/mol. The van der Waals surface area contributed by atoms with Crippen molar-refractivity contribution >= 4 is 23.3 Å². The van der Waals surface area contributed by atoms with Crippen LogP contribution in [-0.2, 0) is 72.0 Å². The van der Waals surface area contributed by atoms with Crippen molar-refractivity contribution in [2.75, 3.05) is 19.8 Å². The summed E-state index contributed by atoms with van der Waals surface area (Å²) in [5.74, 6) is 0. The number of aromatic nitrogens is 3. The van der Waals surface area contributed by atoms with E-state index in [9.17, 15) is 0 Å². The summed E-state index contributed by atoms with van der Waals surface area (Å²) >= 11 is 0. The molecule has 0 saturated carbocycles. The van der Waals surface area contributed by atoms with E-state index in [0.29, 0.717) is 0 Å². The molecule has 0 bridgehead atoms. The quantitative estimate of drug-likeness (QED) is 0.103. The van der Waals surface area contributed by atoms with E-state index in [1.807, 2.05) is 0 Å². The summed E-state index contributed by atoms with van der Waals surface area (Å²) in [6, 6.07) is 21.7. The summed E-state index contributed by atoms with van der Waals surface area (Å²) in [7, 11) is 0. The zero-order valence-electron chi connectivity index (χ0n) is 42.9. The average Bonchev–Trinajstić information content (AvgIpc) is 3.29. The SMILES string of the molecule is CC(C)(C)OCCCc1c2c(nc3c1CCc1c-3nc3c(c1CCCOC(C)(C)C)CCc1c-3nc3c(c1CCCOC(C)(C)C)CCC/C3=C\c1ccccc1)/C(=C/c1ccccc1)CCC2. The molecule has 0 radical (unpaired) electrons. The number of hydrogen-bond acceptors (Lipinski definition) is 6. The minimum absolute atomic E-state index is 0.166. The molecule has 0 N–H and O–H groups in total. The van der Waals surface area contributed by atoms with Gasteiger partial charge >= 0.3 is 0 Å². The highest BCUT2D eigenvalue weighted by Gasteiger charge is 2.35. The standard InChI is InChI=1S/C62H77N3O3/c1-60(2,3)66-36-18-29-45-48-27-16-25-43(39-41-21-12-10-13-22-41)54(48)63-56-50(45)32-34-52-47(31-20-38-68-62(7,8)9)53-35-33-51-46(30-19-37-67-61(4,5)6)49-28-17-26-44(40-42-23-14-11-15-24-42)55(49)64-57(51)59(53)65-58(52)56/h10-15,21-24,39-40H,16-20,25-38H2,1-9H3/b43-39+,44-40+. The molecule has 3 aromatic heterocycles. The Morgan fingerprint density at radius 1 is 0.382 bits per heavy atom. The Hall–Kier alpha value is -4.75. The van der Waals surface area contributed by atoms with E-state index < -0.39 is 0 Å². The van der Waals surface area contributed by atoms with E-state index in [1.54, 1.807) is 0 Å². The zero-order chi connectivity index (χ0) is 47.6. The van der Waals surface area contributed by atoms with Gasteiger partial charge < -0.3 is 14.2 Å². The van der Waals surface area contributed by atoms with E-state index in [-0.39, 0.29) is 16.8 Å². The molecule has 68 heavy (non-hydrogen) atoms. The minimum atomic E-state index is -0.181. The van der Waals surface area contributed by atoms with Gasteiger partial charge in [0.15, 0.2) is 0 Å². The van der Waals surface area contributed by atoms with E-state index in [2.05, 4.69) is 135 Å². The second-order valence-electron chi connectivity index (χ2n) is 22.8. The molecule has 6 heteroatoms. The topological polar surface area (TPSA) is 66.4 Å². The summed E-state index contributed by atoms with van der Waals surface area (Å²) in [6.45, 7) is 21.7. The van der Waals surface area contributed by atoms with Crippen LogP contribution < -0.4 is 0 Å². The molecule has 0 atom stereocenters. The molecule has 0 unspecified atom stereocenters. The third kappa shape index (κ3) is 11.1. The molecule has 0 saturated heterocycles. The van der Waals surface area contributed by atoms with Gasteiger partial charge in [-0.05, 0) is 250 Å². The van der Waals surface area contributed by atoms with Gasteiger partial charge in [-0.3, -0.25) is 0 Å². The number of rotatable bonds is 14. The molecule has 0 fully saturated rings. The lowest BCUT2D eigenvalue weighted by molar-refractivity contribution is -0.00425. The molecular formula is C62H77N3O3. The van der Waals surface area contributed by atoms with Crippen LogP contribution in [0, 0.1) is 0 Å². The van der Waals surface area contributed by atoms with Crippen LogP contribution in [0.25, 0.3) is 46.1 Å². The fourth-order valence-corrected chi connectivity index (χ4v) is 11.3. The molecule has 0 amide bonds. The molecule has 2 aromatic carbocycles. The van der Waals surface area contributed by atoms with Gasteiger partial charge in [0.25, 0.3) is 0 Å². The van der Waals surface area contributed by atoms with Crippen molar-refractivity contribution in [1.82, 2.24) is 15.0 Å². The first-order valence-corrected chi connectivity index (χ1v) is 26.2. The van der Waals surface area contributed by atoms with Gasteiger partial charge in [0.05, 0.1) is 51.0 Å². The molecule has 0 aliphatic heterocycles. The first-order chi connectivity index (χ1) is 32.6. The van der Waals surface area contributed by atoms with Gasteiger partial charge in [0.1, 0.15) is 0 Å². The molecule has 4 aliphatic rings. The zero-order valence-corrected chi connectivity index (χ0v) is 42.9. The van der Waals surface area contributed by atoms with Crippen LogP contribution in [0.3, 0.4) is 0 Å². The van der Waals surface area contributed by atoms with E-state index >= 15 is 0 Å². The van der Waals surface area contributed by atoms with Crippen molar-refractivity contribution < 1.29 is 14.2 Å². The van der Waals surface area contributed by atoms with Gasteiger partial charge in [-0.2, -0.15) is 0 Å². The van der Waals surface area contributed by atoms with E-state index in [1.165, 1.54) is 83.7 Å². The van der Waals surface area contributed by atoms with Crippen molar-refractivity contribution in [2.45, 2.75) is 182 Å². The van der Waals surface area contributed by atoms with Gasteiger partial charge in [0, 0.05) is 19.8 Å². The van der Waals surface area contributed by atoms with Crippen LogP contribution in [0.1, 0.15) is 180 Å². The summed E-state index contributed by atoms with van der Waals surface area (Å²) in [6.07, 6.45) is 21.0. The molecule has 0 spiro atoms. The minimum Gasteiger partial charge on any atom is -0.376 e. The summed E-state index contributed by atoms with van der Waals surface area (Å²) in [5.41, 5.74) is 24.3. The normalized spacial score (nSPS) is 16.8. The fourth-order valence-electron chi connectivity index (χ4n) is 11.3. The summed E-state index contributed by atoms with van der Waals surface area (Å²) in [4.78, 5) is 17.7. The third-order valence-electron chi connectivity index (χ3n) is 14.2. The molecule has 9 rings (SSSR count). The Morgan fingerprint density at radius 3 is 0.985 bits per heavy atom. The average molecular weight is 912 g/mol. The number of benzene rings is 2. The Kier molecular flexibility index (Phi) is 14.4. The van der Waals surface area contributed by atoms with Crippen molar-refractivity contribution in [3.63, 3.8) is 0 Å². The molecule has 5 aromatic rings. The first-order valence-electron chi connectivity index (χ1n) is 26.2. The summed E-state index contributed by atoms with van der Waals surface area (Å²) < 4.78 is 19.1. The number of nitrogens with zero attached hydrogens (tertiary/aromatic N) is 3. The fraction of sp³-hybridized carbons (Fsp3) is 0.500. The Balaban J connectivity index is 1.24. The molecule has 6 nitrogen and oxygen atoms in total. The van der Waals surface area contributed by atoms with Crippen molar-refractivity contribution in [2.24, 2.45) is 0 Å². The largest absolute Gasteiger partial charge is 0.376 e.